The van der Waals surface area contributed by atoms with Gasteiger partial charge < -0.3 is 9.73 Å². The van der Waals surface area contributed by atoms with Gasteiger partial charge in [-0.25, -0.2) is 0 Å². The normalized spacial score (nSPS) is 19.6. The number of furan rings is 1. The number of nitrogens with zero attached hydrogens (tertiary/aromatic N) is 1. The summed E-state index contributed by atoms with van der Waals surface area (Å²) in [6.07, 6.45) is 6.02. The fraction of sp³-hybridized carbons (Fsp3) is 0.333. The first-order chi connectivity index (χ1) is 17.1. The number of hydrogen-bond donors (Lipinski definition) is 1. The fourth-order valence-electron chi connectivity index (χ4n) is 5.30. The molecule has 5 rings (SSSR count). The summed E-state index contributed by atoms with van der Waals surface area (Å²) in [7, 11) is 0. The quantitative estimate of drug-likeness (QED) is 0.393. The average molecular weight is 469 g/mol. The molecule has 35 heavy (non-hydrogen) atoms. The second kappa shape index (κ2) is 9.95. The van der Waals surface area contributed by atoms with Crippen LogP contribution in [0.1, 0.15) is 74.3 Å². The van der Waals surface area contributed by atoms with Crippen molar-refractivity contribution in [3.05, 3.63) is 95.1 Å². The Hall–Kier alpha value is -3.60. The number of carbonyl (C=O) groups excluding carboxylic acids is 2. The third kappa shape index (κ3) is 4.55. The standard InChI is InChI=1S/C30H32N2O3/c1-3-4-5-12-28(34)32-25-10-7-6-9-23(25)31-24-18-22(21-15-13-20(2)14-16-21)19-26(33)29(24)30(32)27-11-8-17-35-27/h6-11,13-17,22,30-31H,3-5,12,18-19H2,1-2H3/t22-,30+/m0/s1. The molecule has 5 nitrogen and oxygen atoms in total. The summed E-state index contributed by atoms with van der Waals surface area (Å²) in [6, 6.07) is 19.4. The van der Waals surface area contributed by atoms with E-state index in [2.05, 4.69) is 43.4 Å². The average Bonchev–Trinajstić information content (AvgIpc) is 3.34. The van der Waals surface area contributed by atoms with Crippen molar-refractivity contribution >= 4 is 23.1 Å². The van der Waals surface area contributed by atoms with Crippen LogP contribution < -0.4 is 10.2 Å². The van der Waals surface area contributed by atoms with Crippen molar-refractivity contribution in [1.29, 1.82) is 0 Å². The SMILES string of the molecule is CCCCCC(=O)N1c2ccccc2NC2=C(C(=O)C[C@@H](c3ccc(C)cc3)C2)[C@H]1c1ccco1. The lowest BCUT2D eigenvalue weighted by Crippen LogP contribution is -2.38. The van der Waals surface area contributed by atoms with Crippen molar-refractivity contribution in [2.75, 3.05) is 10.2 Å². The molecule has 5 heteroatoms. The van der Waals surface area contributed by atoms with Gasteiger partial charge in [-0.3, -0.25) is 14.5 Å². The highest BCUT2D eigenvalue weighted by molar-refractivity contribution is 6.06. The second-order valence-electron chi connectivity index (χ2n) is 9.61. The van der Waals surface area contributed by atoms with Crippen molar-refractivity contribution in [3.63, 3.8) is 0 Å². The molecule has 0 spiro atoms. The Kier molecular flexibility index (Phi) is 6.58. The van der Waals surface area contributed by atoms with Crippen molar-refractivity contribution in [2.24, 2.45) is 0 Å². The van der Waals surface area contributed by atoms with Crippen LogP contribution in [0.25, 0.3) is 0 Å². The summed E-state index contributed by atoms with van der Waals surface area (Å²) in [5, 5.41) is 3.57. The Morgan fingerprint density at radius 2 is 1.83 bits per heavy atom. The van der Waals surface area contributed by atoms with Crippen LogP contribution in [-0.2, 0) is 9.59 Å². The van der Waals surface area contributed by atoms with Crippen molar-refractivity contribution in [3.8, 4) is 0 Å². The molecule has 2 atom stereocenters. The molecule has 1 N–H and O–H groups in total. The molecule has 0 saturated carbocycles. The lowest BCUT2D eigenvalue weighted by atomic mass is 9.79. The van der Waals surface area contributed by atoms with Crippen LogP contribution in [0.3, 0.4) is 0 Å². The zero-order chi connectivity index (χ0) is 24.4. The predicted molar refractivity (Wildman–Crippen MR) is 138 cm³/mol. The van der Waals surface area contributed by atoms with E-state index in [1.165, 1.54) is 5.56 Å². The topological polar surface area (TPSA) is 62.6 Å². The molecule has 1 aromatic heterocycles. The Balaban J connectivity index is 1.62. The van der Waals surface area contributed by atoms with Crippen LogP contribution >= 0.6 is 0 Å². The van der Waals surface area contributed by atoms with Gasteiger partial charge in [-0.15, -0.1) is 0 Å². The Morgan fingerprint density at radius 3 is 2.57 bits per heavy atom. The van der Waals surface area contributed by atoms with Gasteiger partial charge in [-0.1, -0.05) is 61.7 Å². The van der Waals surface area contributed by atoms with Crippen LogP contribution in [0, 0.1) is 6.92 Å². The third-order valence-electron chi connectivity index (χ3n) is 7.11. The van der Waals surface area contributed by atoms with E-state index in [-0.39, 0.29) is 17.6 Å². The monoisotopic (exact) mass is 468 g/mol. The number of benzene rings is 2. The van der Waals surface area contributed by atoms with Crippen molar-refractivity contribution < 1.29 is 14.0 Å². The smallest absolute Gasteiger partial charge is 0.228 e. The summed E-state index contributed by atoms with van der Waals surface area (Å²) in [5.74, 6) is 0.772. The molecule has 2 aliphatic rings. The molecule has 0 saturated heterocycles. The number of aryl methyl sites for hydroxylation is 1. The van der Waals surface area contributed by atoms with Crippen LogP contribution in [0.5, 0.6) is 0 Å². The van der Waals surface area contributed by atoms with E-state index in [0.29, 0.717) is 30.6 Å². The van der Waals surface area contributed by atoms with Gasteiger partial charge >= 0.3 is 0 Å². The summed E-state index contributed by atoms with van der Waals surface area (Å²) in [5.41, 5.74) is 5.51. The minimum absolute atomic E-state index is 0.0105. The molecule has 0 unspecified atom stereocenters. The summed E-state index contributed by atoms with van der Waals surface area (Å²) in [6.45, 7) is 4.20. The molecule has 0 fully saturated rings. The first-order valence-corrected chi connectivity index (χ1v) is 12.6. The molecule has 0 radical (unpaired) electrons. The van der Waals surface area contributed by atoms with Crippen LogP contribution in [0.2, 0.25) is 0 Å². The first kappa shape index (κ1) is 23.2. The second-order valence-corrected chi connectivity index (χ2v) is 9.61. The van der Waals surface area contributed by atoms with E-state index < -0.39 is 6.04 Å². The van der Waals surface area contributed by atoms with Crippen LogP contribution in [0.15, 0.2) is 82.6 Å². The summed E-state index contributed by atoms with van der Waals surface area (Å²) in [4.78, 5) is 29.4. The minimum atomic E-state index is -0.586. The third-order valence-corrected chi connectivity index (χ3v) is 7.11. The summed E-state index contributed by atoms with van der Waals surface area (Å²) >= 11 is 0. The van der Waals surface area contributed by atoms with E-state index in [4.69, 9.17) is 4.42 Å². The molecule has 0 bridgehead atoms. The molecular weight excluding hydrogens is 436 g/mol. The number of ketones is 1. The number of Topliss-reactive ketones (excluding diaryl/α,β-unsaturated/α-hetero) is 1. The number of para-hydroxylation sites is 2. The van der Waals surface area contributed by atoms with Gasteiger partial charge in [0.25, 0.3) is 0 Å². The molecule has 180 valence electrons. The number of fused-ring (bicyclic) bond motifs is 1. The first-order valence-electron chi connectivity index (χ1n) is 12.6. The van der Waals surface area contributed by atoms with E-state index >= 15 is 0 Å². The van der Waals surface area contributed by atoms with E-state index in [0.717, 1.165) is 41.9 Å². The summed E-state index contributed by atoms with van der Waals surface area (Å²) < 4.78 is 5.86. The van der Waals surface area contributed by atoms with Gasteiger partial charge in [0.1, 0.15) is 11.8 Å². The number of unbranched alkanes of at least 4 members (excludes halogenated alkanes) is 2. The Labute approximate surface area is 206 Å². The van der Waals surface area contributed by atoms with Gasteiger partial charge in [0, 0.05) is 24.1 Å². The molecule has 1 aliphatic carbocycles. The van der Waals surface area contributed by atoms with Gasteiger partial charge in [0.05, 0.1) is 17.6 Å². The number of amides is 1. The van der Waals surface area contributed by atoms with Crippen molar-refractivity contribution in [1.82, 2.24) is 0 Å². The highest BCUT2D eigenvalue weighted by Crippen LogP contribution is 2.47. The lowest BCUT2D eigenvalue weighted by Gasteiger charge is -2.33. The van der Waals surface area contributed by atoms with E-state index in [1.54, 1.807) is 11.2 Å². The predicted octanol–water partition coefficient (Wildman–Crippen LogP) is 7.07. The molecule has 2 heterocycles. The van der Waals surface area contributed by atoms with Gasteiger partial charge in [0.2, 0.25) is 5.91 Å². The number of rotatable bonds is 6. The highest BCUT2D eigenvalue weighted by atomic mass is 16.3. The lowest BCUT2D eigenvalue weighted by molar-refractivity contribution is -0.119. The zero-order valence-corrected chi connectivity index (χ0v) is 20.4. The maximum Gasteiger partial charge on any atom is 0.228 e. The molecular formula is C30H32N2O3. The van der Waals surface area contributed by atoms with Gasteiger partial charge in [-0.2, -0.15) is 0 Å². The maximum absolute atomic E-state index is 13.8. The zero-order valence-electron chi connectivity index (χ0n) is 20.4. The Morgan fingerprint density at radius 1 is 1.03 bits per heavy atom. The molecule has 2 aromatic carbocycles. The fourth-order valence-corrected chi connectivity index (χ4v) is 5.30. The maximum atomic E-state index is 13.8. The van der Waals surface area contributed by atoms with Gasteiger partial charge in [0.15, 0.2) is 5.78 Å². The number of hydrogen-bond acceptors (Lipinski definition) is 4. The van der Waals surface area contributed by atoms with E-state index in [1.807, 2.05) is 36.4 Å². The minimum Gasteiger partial charge on any atom is -0.467 e. The number of carbonyl (C=O) groups is 2. The molecule has 3 aromatic rings. The van der Waals surface area contributed by atoms with Crippen LogP contribution in [0.4, 0.5) is 11.4 Å². The molecule has 1 amide bonds. The number of allylic oxidation sites excluding steroid dienone is 1. The van der Waals surface area contributed by atoms with Crippen molar-refractivity contribution in [2.45, 2.75) is 64.3 Å². The van der Waals surface area contributed by atoms with Gasteiger partial charge in [-0.05, 0) is 55.5 Å². The number of nitrogens with one attached hydrogen (secondary N) is 1. The molecule has 1 aliphatic heterocycles. The Bertz CT molecular complexity index is 1240. The largest absolute Gasteiger partial charge is 0.467 e. The van der Waals surface area contributed by atoms with Crippen LogP contribution in [-0.4, -0.2) is 11.7 Å². The highest BCUT2D eigenvalue weighted by Gasteiger charge is 2.42. The number of anilines is 2. The van der Waals surface area contributed by atoms with E-state index in [9.17, 15) is 9.59 Å².